The highest BCUT2D eigenvalue weighted by Crippen LogP contribution is 2.32. The molecule has 0 saturated carbocycles. The van der Waals surface area contributed by atoms with Crippen LogP contribution in [0.1, 0.15) is 24.5 Å². The zero-order chi connectivity index (χ0) is 15.5. The SMILES string of the molecule is CC(O)(CN1CCCSCC1)c1cccc(C(F)(F)F)c1. The average molecular weight is 319 g/mol. The van der Waals surface area contributed by atoms with Gasteiger partial charge in [0.1, 0.15) is 0 Å². The summed E-state index contributed by atoms with van der Waals surface area (Å²) in [5.74, 6) is 2.10. The number of hydrogen-bond acceptors (Lipinski definition) is 3. The van der Waals surface area contributed by atoms with Crippen molar-refractivity contribution >= 4 is 11.8 Å². The Bertz CT molecular complexity index is 468. The molecule has 1 atom stereocenters. The summed E-state index contributed by atoms with van der Waals surface area (Å²) in [7, 11) is 0. The highest BCUT2D eigenvalue weighted by atomic mass is 32.2. The minimum Gasteiger partial charge on any atom is -0.384 e. The third-order valence-corrected chi connectivity index (χ3v) is 4.71. The van der Waals surface area contributed by atoms with Gasteiger partial charge in [0.15, 0.2) is 0 Å². The lowest BCUT2D eigenvalue weighted by molar-refractivity contribution is -0.137. The summed E-state index contributed by atoms with van der Waals surface area (Å²) < 4.78 is 38.3. The monoisotopic (exact) mass is 319 g/mol. The van der Waals surface area contributed by atoms with Crippen LogP contribution < -0.4 is 0 Å². The molecular formula is C15H20F3NOS. The first kappa shape index (κ1) is 16.6. The van der Waals surface area contributed by atoms with Gasteiger partial charge in [-0.05, 0) is 43.3 Å². The van der Waals surface area contributed by atoms with Crippen LogP contribution in [0.25, 0.3) is 0 Å². The maximum Gasteiger partial charge on any atom is 0.416 e. The van der Waals surface area contributed by atoms with Crippen LogP contribution >= 0.6 is 11.8 Å². The summed E-state index contributed by atoms with van der Waals surface area (Å²) in [6.45, 7) is 3.68. The van der Waals surface area contributed by atoms with Gasteiger partial charge >= 0.3 is 6.18 Å². The van der Waals surface area contributed by atoms with E-state index in [2.05, 4.69) is 4.90 Å². The van der Waals surface area contributed by atoms with E-state index in [0.29, 0.717) is 12.1 Å². The largest absolute Gasteiger partial charge is 0.416 e. The number of halogens is 3. The molecule has 1 heterocycles. The van der Waals surface area contributed by atoms with Gasteiger partial charge in [0.25, 0.3) is 0 Å². The Labute approximate surface area is 127 Å². The molecule has 0 spiro atoms. The molecule has 1 aliphatic heterocycles. The maximum absolute atomic E-state index is 12.8. The molecule has 1 saturated heterocycles. The quantitative estimate of drug-likeness (QED) is 0.924. The average Bonchev–Trinajstić information content (AvgIpc) is 2.66. The standard InChI is InChI=1S/C15H20F3NOS/c1-14(20,11-19-6-3-8-21-9-7-19)12-4-2-5-13(10-12)15(16,17)18/h2,4-5,10,20H,3,6-9,11H2,1H3. The minimum absolute atomic E-state index is 0.314. The molecule has 0 aromatic heterocycles. The molecule has 1 aromatic carbocycles. The van der Waals surface area contributed by atoms with Gasteiger partial charge in [0.2, 0.25) is 0 Å². The molecule has 1 N–H and O–H groups in total. The molecule has 1 aliphatic rings. The highest BCUT2D eigenvalue weighted by molar-refractivity contribution is 7.99. The number of alkyl halides is 3. The van der Waals surface area contributed by atoms with Crippen LogP contribution in [-0.2, 0) is 11.8 Å². The highest BCUT2D eigenvalue weighted by Gasteiger charge is 2.33. The number of nitrogens with zero attached hydrogens (tertiary/aromatic N) is 1. The molecule has 21 heavy (non-hydrogen) atoms. The Balaban J connectivity index is 2.14. The van der Waals surface area contributed by atoms with Crippen LogP contribution in [0.5, 0.6) is 0 Å². The fraction of sp³-hybridized carbons (Fsp3) is 0.600. The zero-order valence-electron chi connectivity index (χ0n) is 12.0. The van der Waals surface area contributed by atoms with Gasteiger partial charge in [-0.2, -0.15) is 24.9 Å². The van der Waals surface area contributed by atoms with Crippen molar-refractivity contribution in [1.29, 1.82) is 0 Å². The van der Waals surface area contributed by atoms with E-state index in [1.807, 2.05) is 11.8 Å². The van der Waals surface area contributed by atoms with Crippen molar-refractivity contribution < 1.29 is 18.3 Å². The van der Waals surface area contributed by atoms with Gasteiger partial charge in [0.05, 0.1) is 11.2 Å². The lowest BCUT2D eigenvalue weighted by Gasteiger charge is -2.31. The van der Waals surface area contributed by atoms with E-state index in [1.54, 1.807) is 13.0 Å². The number of hydrogen-bond donors (Lipinski definition) is 1. The lowest BCUT2D eigenvalue weighted by atomic mass is 9.93. The van der Waals surface area contributed by atoms with Crippen molar-refractivity contribution in [2.45, 2.75) is 25.1 Å². The van der Waals surface area contributed by atoms with E-state index in [-0.39, 0.29) is 0 Å². The molecule has 1 aromatic rings. The van der Waals surface area contributed by atoms with Crippen molar-refractivity contribution in [1.82, 2.24) is 4.90 Å². The summed E-state index contributed by atoms with van der Waals surface area (Å²) >= 11 is 1.88. The lowest BCUT2D eigenvalue weighted by Crippen LogP contribution is -2.40. The molecule has 0 radical (unpaired) electrons. The van der Waals surface area contributed by atoms with E-state index >= 15 is 0 Å². The predicted octanol–water partition coefficient (Wildman–Crippen LogP) is 3.35. The molecule has 2 nitrogen and oxygen atoms in total. The van der Waals surface area contributed by atoms with E-state index in [4.69, 9.17) is 0 Å². The van der Waals surface area contributed by atoms with Crippen LogP contribution in [-0.4, -0.2) is 41.1 Å². The van der Waals surface area contributed by atoms with Gasteiger partial charge in [-0.3, -0.25) is 4.90 Å². The topological polar surface area (TPSA) is 23.5 Å². The van der Waals surface area contributed by atoms with Gasteiger partial charge < -0.3 is 5.11 Å². The normalized spacial score (nSPS) is 20.8. The summed E-state index contributed by atoms with van der Waals surface area (Å²) in [4.78, 5) is 2.13. The molecule has 1 unspecified atom stereocenters. The van der Waals surface area contributed by atoms with Crippen molar-refractivity contribution in [3.63, 3.8) is 0 Å². The number of thioether (sulfide) groups is 1. The summed E-state index contributed by atoms with van der Waals surface area (Å²) in [6, 6.07) is 4.99. The fourth-order valence-corrected chi connectivity index (χ4v) is 3.44. The van der Waals surface area contributed by atoms with E-state index in [1.165, 1.54) is 6.07 Å². The molecule has 2 rings (SSSR count). The summed E-state index contributed by atoms with van der Waals surface area (Å²) in [6.07, 6.45) is -3.34. The maximum atomic E-state index is 12.8. The van der Waals surface area contributed by atoms with Gasteiger partial charge in [-0.25, -0.2) is 0 Å². The number of benzene rings is 1. The summed E-state index contributed by atoms with van der Waals surface area (Å²) in [5.41, 5.74) is -1.68. The Morgan fingerprint density at radius 3 is 2.62 bits per heavy atom. The van der Waals surface area contributed by atoms with Crippen LogP contribution in [0, 0.1) is 0 Å². The Morgan fingerprint density at radius 1 is 1.19 bits per heavy atom. The second-order valence-corrected chi connectivity index (χ2v) is 6.82. The van der Waals surface area contributed by atoms with E-state index in [9.17, 15) is 18.3 Å². The first-order valence-electron chi connectivity index (χ1n) is 6.99. The number of rotatable bonds is 3. The Kier molecular flexibility index (Phi) is 5.22. The fourth-order valence-electron chi connectivity index (χ4n) is 2.51. The van der Waals surface area contributed by atoms with E-state index in [0.717, 1.165) is 43.1 Å². The third-order valence-electron chi connectivity index (χ3n) is 3.66. The minimum atomic E-state index is -4.38. The second-order valence-electron chi connectivity index (χ2n) is 5.59. The Hall–Kier alpha value is -0.720. The van der Waals surface area contributed by atoms with E-state index < -0.39 is 17.3 Å². The second kappa shape index (κ2) is 6.58. The van der Waals surface area contributed by atoms with Crippen LogP contribution in [0.4, 0.5) is 13.2 Å². The van der Waals surface area contributed by atoms with Crippen LogP contribution in [0.2, 0.25) is 0 Å². The van der Waals surface area contributed by atoms with Crippen molar-refractivity contribution in [2.75, 3.05) is 31.1 Å². The first-order valence-corrected chi connectivity index (χ1v) is 8.15. The number of β-amino-alcohol motifs (C(OH)–C–C–N with tert-alkyl or cyclic N) is 1. The molecular weight excluding hydrogens is 299 g/mol. The molecule has 6 heteroatoms. The van der Waals surface area contributed by atoms with Crippen molar-refractivity contribution in [3.8, 4) is 0 Å². The smallest absolute Gasteiger partial charge is 0.384 e. The number of aliphatic hydroxyl groups is 1. The van der Waals surface area contributed by atoms with Crippen molar-refractivity contribution in [2.24, 2.45) is 0 Å². The zero-order valence-corrected chi connectivity index (χ0v) is 12.8. The van der Waals surface area contributed by atoms with Gasteiger partial charge in [-0.15, -0.1) is 0 Å². The summed E-state index contributed by atoms with van der Waals surface area (Å²) in [5, 5.41) is 10.6. The van der Waals surface area contributed by atoms with Gasteiger partial charge in [0, 0.05) is 18.8 Å². The molecule has 0 amide bonds. The van der Waals surface area contributed by atoms with Crippen LogP contribution in [0.3, 0.4) is 0 Å². The molecule has 0 aliphatic carbocycles. The van der Waals surface area contributed by atoms with Crippen molar-refractivity contribution in [3.05, 3.63) is 35.4 Å². The predicted molar refractivity (Wildman–Crippen MR) is 79.4 cm³/mol. The molecule has 0 bridgehead atoms. The Morgan fingerprint density at radius 2 is 1.90 bits per heavy atom. The van der Waals surface area contributed by atoms with Gasteiger partial charge in [-0.1, -0.05) is 12.1 Å². The molecule has 1 fully saturated rings. The first-order chi connectivity index (χ1) is 9.79. The molecule has 118 valence electrons. The third kappa shape index (κ3) is 4.63. The van der Waals surface area contributed by atoms with Crippen LogP contribution in [0.15, 0.2) is 24.3 Å².